The van der Waals surface area contributed by atoms with Crippen LogP contribution in [0.4, 0.5) is 11.4 Å². The minimum absolute atomic E-state index is 0.0855. The lowest BCUT2D eigenvalue weighted by Crippen LogP contribution is -2.20. The molecule has 3 rings (SSSR count). The first-order chi connectivity index (χ1) is 12.1. The Kier molecular flexibility index (Phi) is 5.03. The molecule has 2 aromatic carbocycles. The summed E-state index contributed by atoms with van der Waals surface area (Å²) in [5.41, 5.74) is 1.22. The molecule has 0 aromatic heterocycles. The molecule has 25 heavy (non-hydrogen) atoms. The van der Waals surface area contributed by atoms with Crippen LogP contribution >= 0.6 is 0 Å². The largest absolute Gasteiger partial charge is 0.484 e. The molecule has 0 atom stereocenters. The maximum atomic E-state index is 12.0. The average molecular weight is 342 g/mol. The Balaban J connectivity index is 1.54. The van der Waals surface area contributed by atoms with Crippen LogP contribution in [0.15, 0.2) is 42.5 Å². The van der Waals surface area contributed by atoms with Crippen molar-refractivity contribution in [1.29, 1.82) is 0 Å². The third kappa shape index (κ3) is 4.41. The van der Waals surface area contributed by atoms with Gasteiger partial charge in [0.25, 0.3) is 5.91 Å². The number of carbonyl (C=O) groups is 2. The maximum absolute atomic E-state index is 12.0. The van der Waals surface area contributed by atoms with Crippen molar-refractivity contribution < 1.29 is 23.8 Å². The molecule has 1 aliphatic heterocycles. The molecular weight excluding hydrogens is 324 g/mol. The van der Waals surface area contributed by atoms with Gasteiger partial charge >= 0.3 is 0 Å². The van der Waals surface area contributed by atoms with Gasteiger partial charge < -0.3 is 24.8 Å². The van der Waals surface area contributed by atoms with E-state index in [0.29, 0.717) is 35.0 Å². The van der Waals surface area contributed by atoms with Gasteiger partial charge in [-0.3, -0.25) is 9.59 Å². The van der Waals surface area contributed by atoms with E-state index in [4.69, 9.17) is 14.2 Å². The van der Waals surface area contributed by atoms with E-state index in [1.807, 2.05) is 0 Å². The summed E-state index contributed by atoms with van der Waals surface area (Å²) in [6.45, 7) is 1.80. The van der Waals surface area contributed by atoms with Gasteiger partial charge in [0.1, 0.15) is 5.75 Å². The van der Waals surface area contributed by atoms with Crippen LogP contribution in [0.3, 0.4) is 0 Å². The Hall–Kier alpha value is -3.22. The first-order valence-electron chi connectivity index (χ1n) is 7.86. The Morgan fingerprint density at radius 3 is 2.60 bits per heavy atom. The van der Waals surface area contributed by atoms with Gasteiger partial charge in [-0.1, -0.05) is 13.0 Å². The lowest BCUT2D eigenvalue weighted by molar-refractivity contribution is -0.118. The fourth-order valence-corrected chi connectivity index (χ4v) is 2.23. The Morgan fingerprint density at radius 2 is 1.76 bits per heavy atom. The summed E-state index contributed by atoms with van der Waals surface area (Å²) in [4.78, 5) is 23.4. The van der Waals surface area contributed by atoms with Crippen molar-refractivity contribution in [2.45, 2.75) is 13.3 Å². The van der Waals surface area contributed by atoms with Gasteiger partial charge in [0, 0.05) is 29.9 Å². The smallest absolute Gasteiger partial charge is 0.262 e. The zero-order valence-corrected chi connectivity index (χ0v) is 13.7. The van der Waals surface area contributed by atoms with Crippen molar-refractivity contribution in [3.05, 3.63) is 42.5 Å². The molecule has 0 fully saturated rings. The van der Waals surface area contributed by atoms with E-state index in [9.17, 15) is 9.59 Å². The minimum atomic E-state index is -0.304. The molecule has 0 radical (unpaired) electrons. The van der Waals surface area contributed by atoms with E-state index in [1.165, 1.54) is 0 Å². The zero-order chi connectivity index (χ0) is 17.6. The van der Waals surface area contributed by atoms with Crippen LogP contribution in [-0.4, -0.2) is 25.2 Å². The van der Waals surface area contributed by atoms with Crippen LogP contribution in [0.25, 0.3) is 0 Å². The van der Waals surface area contributed by atoms with Crippen molar-refractivity contribution in [3.63, 3.8) is 0 Å². The number of amides is 2. The molecule has 2 amide bonds. The number of ether oxygens (including phenoxy) is 3. The van der Waals surface area contributed by atoms with Crippen LogP contribution in [0.1, 0.15) is 13.3 Å². The predicted molar refractivity (Wildman–Crippen MR) is 92.1 cm³/mol. The number of hydrogen-bond acceptors (Lipinski definition) is 5. The highest BCUT2D eigenvalue weighted by Gasteiger charge is 2.14. The number of nitrogens with one attached hydrogen (secondary N) is 2. The summed E-state index contributed by atoms with van der Waals surface area (Å²) in [6.07, 6.45) is 0.392. The molecule has 0 aliphatic carbocycles. The third-order valence-electron chi connectivity index (χ3n) is 3.47. The van der Waals surface area contributed by atoms with Gasteiger partial charge in [0.2, 0.25) is 12.7 Å². The molecule has 2 aromatic rings. The summed E-state index contributed by atoms with van der Waals surface area (Å²) in [7, 11) is 0. The van der Waals surface area contributed by atoms with E-state index in [1.54, 1.807) is 49.4 Å². The van der Waals surface area contributed by atoms with Crippen LogP contribution in [-0.2, 0) is 9.59 Å². The molecule has 0 saturated carbocycles. The second-order valence-electron chi connectivity index (χ2n) is 5.33. The first-order valence-corrected chi connectivity index (χ1v) is 7.86. The summed E-state index contributed by atoms with van der Waals surface area (Å²) in [6, 6.07) is 12.0. The molecule has 7 nitrogen and oxygen atoms in total. The standard InChI is InChI=1S/C18H18N2O5/c1-2-17(21)19-12-4-3-5-14(8-12)23-10-18(22)20-13-6-7-15-16(9-13)25-11-24-15/h3-9H,2,10-11H2,1H3,(H,19,21)(H,20,22). The minimum Gasteiger partial charge on any atom is -0.484 e. The van der Waals surface area contributed by atoms with Crippen molar-refractivity contribution in [3.8, 4) is 17.2 Å². The molecular formula is C18H18N2O5. The highest BCUT2D eigenvalue weighted by atomic mass is 16.7. The Morgan fingerprint density at radius 1 is 1.00 bits per heavy atom. The monoisotopic (exact) mass is 342 g/mol. The SMILES string of the molecule is CCC(=O)Nc1cccc(OCC(=O)Nc2ccc3c(c2)OCO3)c1. The number of benzene rings is 2. The van der Waals surface area contributed by atoms with Gasteiger partial charge in [-0.05, 0) is 24.3 Å². The molecule has 0 spiro atoms. The zero-order valence-electron chi connectivity index (χ0n) is 13.7. The molecule has 1 heterocycles. The van der Waals surface area contributed by atoms with E-state index in [0.717, 1.165) is 0 Å². The van der Waals surface area contributed by atoms with E-state index >= 15 is 0 Å². The van der Waals surface area contributed by atoms with Crippen LogP contribution in [0.2, 0.25) is 0 Å². The number of fused-ring (bicyclic) bond motifs is 1. The van der Waals surface area contributed by atoms with Gasteiger partial charge in [-0.2, -0.15) is 0 Å². The molecule has 130 valence electrons. The fraction of sp³-hybridized carbons (Fsp3) is 0.222. The van der Waals surface area contributed by atoms with Crippen LogP contribution in [0, 0.1) is 0 Å². The summed E-state index contributed by atoms with van der Waals surface area (Å²) in [5, 5.41) is 5.47. The number of anilines is 2. The summed E-state index contributed by atoms with van der Waals surface area (Å²) < 4.78 is 16.0. The summed E-state index contributed by atoms with van der Waals surface area (Å²) >= 11 is 0. The van der Waals surface area contributed by atoms with Gasteiger partial charge in [0.05, 0.1) is 0 Å². The molecule has 2 N–H and O–H groups in total. The normalized spacial score (nSPS) is 11.7. The second kappa shape index (κ2) is 7.57. The topological polar surface area (TPSA) is 85.9 Å². The molecule has 0 saturated heterocycles. The van der Waals surface area contributed by atoms with Crippen molar-refractivity contribution in [1.82, 2.24) is 0 Å². The molecule has 1 aliphatic rings. The Labute approximate surface area is 144 Å². The van der Waals surface area contributed by atoms with E-state index in [-0.39, 0.29) is 25.2 Å². The number of hydrogen-bond donors (Lipinski definition) is 2. The van der Waals surface area contributed by atoms with Crippen molar-refractivity contribution in [2.75, 3.05) is 24.0 Å². The fourth-order valence-electron chi connectivity index (χ4n) is 2.23. The Bertz CT molecular complexity index is 791. The average Bonchev–Trinajstić information content (AvgIpc) is 3.08. The van der Waals surface area contributed by atoms with Crippen LogP contribution < -0.4 is 24.8 Å². The first kappa shape index (κ1) is 16.6. The van der Waals surface area contributed by atoms with E-state index < -0.39 is 0 Å². The second-order valence-corrected chi connectivity index (χ2v) is 5.33. The van der Waals surface area contributed by atoms with E-state index in [2.05, 4.69) is 10.6 Å². The lowest BCUT2D eigenvalue weighted by Gasteiger charge is -2.10. The molecule has 0 unspecified atom stereocenters. The van der Waals surface area contributed by atoms with Gasteiger partial charge in [-0.15, -0.1) is 0 Å². The van der Waals surface area contributed by atoms with Crippen LogP contribution in [0.5, 0.6) is 17.2 Å². The maximum Gasteiger partial charge on any atom is 0.262 e. The highest BCUT2D eigenvalue weighted by molar-refractivity contribution is 5.92. The molecule has 0 bridgehead atoms. The molecule has 7 heteroatoms. The predicted octanol–water partition coefficient (Wildman–Crippen LogP) is 2.78. The van der Waals surface area contributed by atoms with Crippen molar-refractivity contribution in [2.24, 2.45) is 0 Å². The highest BCUT2D eigenvalue weighted by Crippen LogP contribution is 2.34. The third-order valence-corrected chi connectivity index (χ3v) is 3.47. The quantitative estimate of drug-likeness (QED) is 0.843. The summed E-state index contributed by atoms with van der Waals surface area (Å²) in [5.74, 6) is 1.35. The van der Waals surface area contributed by atoms with Gasteiger partial charge in [-0.25, -0.2) is 0 Å². The lowest BCUT2D eigenvalue weighted by atomic mass is 10.2. The van der Waals surface area contributed by atoms with Gasteiger partial charge in [0.15, 0.2) is 18.1 Å². The number of carbonyl (C=O) groups excluding carboxylic acids is 2. The van der Waals surface area contributed by atoms with Crippen molar-refractivity contribution >= 4 is 23.2 Å². The number of rotatable bonds is 6.